The van der Waals surface area contributed by atoms with Crippen LogP contribution >= 0.6 is 0 Å². The van der Waals surface area contributed by atoms with Crippen molar-refractivity contribution in [1.29, 1.82) is 0 Å². The van der Waals surface area contributed by atoms with Gasteiger partial charge in [0, 0.05) is 19.6 Å². The fourth-order valence-electron chi connectivity index (χ4n) is 2.37. The molecular weight excluding hydrogens is 274 g/mol. The van der Waals surface area contributed by atoms with Crippen molar-refractivity contribution >= 4 is 0 Å². The summed E-state index contributed by atoms with van der Waals surface area (Å²) in [6.45, 7) is 6.47. The molecule has 22 heavy (non-hydrogen) atoms. The maximum atomic E-state index is 9.10. The largest absolute Gasteiger partial charge is 0.497 e. The fraction of sp³-hybridized carbons (Fsp3) is 0.263. The molecule has 0 unspecified atom stereocenters. The molecule has 0 aromatic heterocycles. The smallest absolute Gasteiger partial charge is 0.118 e. The Morgan fingerprint density at radius 2 is 1.45 bits per heavy atom. The third-order valence-corrected chi connectivity index (χ3v) is 3.56. The lowest BCUT2D eigenvalue weighted by molar-refractivity contribution is 0.280. The average Bonchev–Trinajstić information content (AvgIpc) is 2.56. The van der Waals surface area contributed by atoms with E-state index in [9.17, 15) is 0 Å². The first-order chi connectivity index (χ1) is 10.7. The standard InChI is InChI=1S/C19H23NO2/c1-3-12-20(13-16-4-6-18(15-21)7-5-16)14-17-8-10-19(22-2)11-9-17/h3-11,21H,1,12-15H2,2H3. The highest BCUT2D eigenvalue weighted by molar-refractivity contribution is 5.27. The van der Waals surface area contributed by atoms with Gasteiger partial charge in [-0.1, -0.05) is 42.5 Å². The number of hydrogen-bond acceptors (Lipinski definition) is 3. The van der Waals surface area contributed by atoms with Gasteiger partial charge in [0.25, 0.3) is 0 Å². The molecule has 0 aliphatic heterocycles. The minimum atomic E-state index is 0.0858. The van der Waals surface area contributed by atoms with E-state index in [1.165, 1.54) is 11.1 Å². The average molecular weight is 297 g/mol. The number of aliphatic hydroxyl groups excluding tert-OH is 1. The second-order valence-electron chi connectivity index (χ2n) is 5.28. The minimum absolute atomic E-state index is 0.0858. The van der Waals surface area contributed by atoms with Gasteiger partial charge in [0.1, 0.15) is 5.75 Å². The van der Waals surface area contributed by atoms with Crippen LogP contribution in [0.1, 0.15) is 16.7 Å². The van der Waals surface area contributed by atoms with Crippen molar-refractivity contribution in [3.8, 4) is 5.75 Å². The molecule has 116 valence electrons. The molecular formula is C19H23NO2. The summed E-state index contributed by atoms with van der Waals surface area (Å²) in [6, 6.07) is 16.2. The highest BCUT2D eigenvalue weighted by atomic mass is 16.5. The predicted octanol–water partition coefficient (Wildman–Crippen LogP) is 3.38. The van der Waals surface area contributed by atoms with Crippen LogP contribution in [0.5, 0.6) is 5.75 Å². The van der Waals surface area contributed by atoms with Gasteiger partial charge in [0.05, 0.1) is 13.7 Å². The third-order valence-electron chi connectivity index (χ3n) is 3.56. The van der Waals surface area contributed by atoms with Crippen LogP contribution in [0, 0.1) is 0 Å². The maximum Gasteiger partial charge on any atom is 0.118 e. The molecule has 0 spiro atoms. The van der Waals surface area contributed by atoms with Crippen LogP contribution in [0.25, 0.3) is 0 Å². The zero-order chi connectivity index (χ0) is 15.8. The van der Waals surface area contributed by atoms with Gasteiger partial charge in [-0.25, -0.2) is 0 Å². The molecule has 2 aromatic carbocycles. The summed E-state index contributed by atoms with van der Waals surface area (Å²) in [5.41, 5.74) is 3.41. The number of benzene rings is 2. The number of nitrogens with zero attached hydrogens (tertiary/aromatic N) is 1. The number of rotatable bonds is 8. The highest BCUT2D eigenvalue weighted by Gasteiger charge is 2.06. The number of aliphatic hydroxyl groups is 1. The summed E-state index contributed by atoms with van der Waals surface area (Å²) in [5.74, 6) is 0.874. The van der Waals surface area contributed by atoms with E-state index in [-0.39, 0.29) is 6.61 Å². The van der Waals surface area contributed by atoms with Crippen LogP contribution in [-0.2, 0) is 19.7 Å². The van der Waals surface area contributed by atoms with Gasteiger partial charge >= 0.3 is 0 Å². The molecule has 0 aliphatic carbocycles. The lowest BCUT2D eigenvalue weighted by Crippen LogP contribution is -2.22. The Balaban J connectivity index is 2.02. The van der Waals surface area contributed by atoms with Crippen LogP contribution in [0.3, 0.4) is 0 Å². The molecule has 0 atom stereocenters. The molecule has 1 N–H and O–H groups in total. The first kappa shape index (κ1) is 16.3. The highest BCUT2D eigenvalue weighted by Crippen LogP contribution is 2.15. The van der Waals surface area contributed by atoms with Crippen LogP contribution in [0.4, 0.5) is 0 Å². The zero-order valence-corrected chi connectivity index (χ0v) is 13.0. The Morgan fingerprint density at radius 1 is 0.955 bits per heavy atom. The van der Waals surface area contributed by atoms with Crippen LogP contribution in [0.15, 0.2) is 61.2 Å². The fourth-order valence-corrected chi connectivity index (χ4v) is 2.37. The molecule has 2 aromatic rings. The van der Waals surface area contributed by atoms with Crippen molar-refractivity contribution < 1.29 is 9.84 Å². The first-order valence-corrected chi connectivity index (χ1v) is 7.40. The topological polar surface area (TPSA) is 32.7 Å². The molecule has 0 saturated carbocycles. The summed E-state index contributed by atoms with van der Waals surface area (Å²) in [5, 5.41) is 9.10. The summed E-state index contributed by atoms with van der Waals surface area (Å²) in [4.78, 5) is 2.32. The van der Waals surface area contributed by atoms with Crippen molar-refractivity contribution in [3.05, 3.63) is 77.9 Å². The van der Waals surface area contributed by atoms with Crippen LogP contribution in [-0.4, -0.2) is 23.7 Å². The van der Waals surface area contributed by atoms with Crippen molar-refractivity contribution in [2.24, 2.45) is 0 Å². The number of methoxy groups -OCH3 is 1. The molecule has 0 saturated heterocycles. The van der Waals surface area contributed by atoms with Gasteiger partial charge in [-0.2, -0.15) is 0 Å². The normalized spacial score (nSPS) is 10.7. The lowest BCUT2D eigenvalue weighted by Gasteiger charge is -2.21. The monoisotopic (exact) mass is 297 g/mol. The molecule has 0 heterocycles. The quantitative estimate of drug-likeness (QED) is 0.758. The van der Waals surface area contributed by atoms with Crippen molar-refractivity contribution in [2.75, 3.05) is 13.7 Å². The van der Waals surface area contributed by atoms with E-state index in [4.69, 9.17) is 9.84 Å². The Labute approximate surface area is 132 Å². The molecule has 2 rings (SSSR count). The Bertz CT molecular complexity index is 526. The van der Waals surface area contributed by atoms with Gasteiger partial charge in [0.15, 0.2) is 0 Å². The molecule has 0 fully saturated rings. The van der Waals surface area contributed by atoms with E-state index >= 15 is 0 Å². The van der Waals surface area contributed by atoms with E-state index in [0.717, 1.165) is 30.9 Å². The van der Waals surface area contributed by atoms with Gasteiger partial charge in [0.2, 0.25) is 0 Å². The molecule has 0 amide bonds. The zero-order valence-electron chi connectivity index (χ0n) is 13.0. The minimum Gasteiger partial charge on any atom is -0.497 e. The number of hydrogen-bond donors (Lipinski definition) is 1. The van der Waals surface area contributed by atoms with E-state index in [0.29, 0.717) is 0 Å². The van der Waals surface area contributed by atoms with Crippen molar-refractivity contribution in [3.63, 3.8) is 0 Å². The maximum absolute atomic E-state index is 9.10. The molecule has 0 radical (unpaired) electrons. The number of ether oxygens (including phenoxy) is 1. The van der Waals surface area contributed by atoms with E-state index < -0.39 is 0 Å². The summed E-state index contributed by atoms with van der Waals surface area (Å²) >= 11 is 0. The van der Waals surface area contributed by atoms with Crippen molar-refractivity contribution in [1.82, 2.24) is 4.90 Å². The molecule has 0 aliphatic rings. The van der Waals surface area contributed by atoms with E-state index in [1.807, 2.05) is 30.3 Å². The van der Waals surface area contributed by atoms with Crippen LogP contribution in [0.2, 0.25) is 0 Å². The molecule has 3 nitrogen and oxygen atoms in total. The van der Waals surface area contributed by atoms with Crippen molar-refractivity contribution in [2.45, 2.75) is 19.7 Å². The van der Waals surface area contributed by atoms with Gasteiger partial charge in [-0.15, -0.1) is 6.58 Å². The SMILES string of the molecule is C=CCN(Cc1ccc(CO)cc1)Cc1ccc(OC)cc1. The lowest BCUT2D eigenvalue weighted by atomic mass is 10.1. The molecule has 0 bridgehead atoms. The van der Waals surface area contributed by atoms with Gasteiger partial charge in [-0.3, -0.25) is 4.90 Å². The van der Waals surface area contributed by atoms with Gasteiger partial charge < -0.3 is 9.84 Å². The second-order valence-corrected chi connectivity index (χ2v) is 5.28. The van der Waals surface area contributed by atoms with Crippen LogP contribution < -0.4 is 4.74 Å². The van der Waals surface area contributed by atoms with E-state index in [1.54, 1.807) is 7.11 Å². The summed E-state index contributed by atoms with van der Waals surface area (Å²) in [6.07, 6.45) is 1.92. The Kier molecular flexibility index (Phi) is 6.19. The second kappa shape index (κ2) is 8.37. The Morgan fingerprint density at radius 3 is 1.91 bits per heavy atom. The first-order valence-electron chi connectivity index (χ1n) is 7.40. The predicted molar refractivity (Wildman–Crippen MR) is 89.7 cm³/mol. The van der Waals surface area contributed by atoms with E-state index in [2.05, 4.69) is 35.7 Å². The summed E-state index contributed by atoms with van der Waals surface area (Å²) in [7, 11) is 1.68. The molecule has 3 heteroatoms. The Hall–Kier alpha value is -2.10. The third kappa shape index (κ3) is 4.72. The van der Waals surface area contributed by atoms with Gasteiger partial charge in [-0.05, 0) is 28.8 Å². The summed E-state index contributed by atoms with van der Waals surface area (Å²) < 4.78 is 5.19.